The third kappa shape index (κ3) is 5.71. The van der Waals surface area contributed by atoms with Crippen LogP contribution in [-0.2, 0) is 31.6 Å². The van der Waals surface area contributed by atoms with E-state index >= 15 is 0 Å². The zero-order valence-corrected chi connectivity index (χ0v) is 18.2. The molecule has 33 heavy (non-hydrogen) atoms. The first-order valence-electron chi connectivity index (χ1n) is 8.14. The largest absolute Gasteiger partial charge is 0.490 e. The van der Waals surface area contributed by atoms with E-state index in [0.717, 1.165) is 6.33 Å². The topological polar surface area (TPSA) is 279 Å². The number of phosphoric acid groups is 3. The third-order valence-corrected chi connectivity index (χ3v) is 7.70. The second-order valence-corrected chi connectivity index (χ2v) is 10.7. The van der Waals surface area contributed by atoms with Crippen molar-refractivity contribution in [1.82, 2.24) is 19.5 Å². The molecular formula is C10H14F2N5O13P3. The minimum Gasteiger partial charge on any atom is -0.384 e. The molecule has 1 fully saturated rings. The molecular weight excluding hydrogens is 529 g/mol. The molecule has 186 valence electrons. The second kappa shape index (κ2) is 8.53. The normalized spacial score (nSPS) is 26.8. The Morgan fingerprint density at radius 2 is 1.85 bits per heavy atom. The summed E-state index contributed by atoms with van der Waals surface area (Å²) in [5.74, 6) is -4.56. The minimum atomic E-state index is -5.84. The highest BCUT2D eigenvalue weighted by atomic mass is 31.3. The van der Waals surface area contributed by atoms with Crippen LogP contribution in [0.25, 0.3) is 11.2 Å². The van der Waals surface area contributed by atoms with Gasteiger partial charge in [0.15, 0.2) is 17.3 Å². The second-order valence-electron chi connectivity index (χ2n) is 6.31. The van der Waals surface area contributed by atoms with Crippen LogP contribution in [0.3, 0.4) is 0 Å². The Balaban J connectivity index is 1.78. The van der Waals surface area contributed by atoms with E-state index in [1.165, 1.54) is 0 Å². The molecule has 1 saturated heterocycles. The summed E-state index contributed by atoms with van der Waals surface area (Å²) in [6.45, 7) is -1.35. The van der Waals surface area contributed by atoms with E-state index in [2.05, 4.69) is 28.1 Å². The molecule has 23 heteroatoms. The van der Waals surface area contributed by atoms with Crippen LogP contribution in [0.1, 0.15) is 6.23 Å². The summed E-state index contributed by atoms with van der Waals surface area (Å²) in [5.41, 5.74) is 3.68. The van der Waals surface area contributed by atoms with Gasteiger partial charge in [-0.05, 0) is 0 Å². The number of halogens is 2. The number of phosphoric ester groups is 1. The zero-order valence-electron chi connectivity index (χ0n) is 15.5. The van der Waals surface area contributed by atoms with E-state index in [0.29, 0.717) is 4.57 Å². The molecule has 0 spiro atoms. The first kappa shape index (κ1) is 26.0. The standard InChI is InChI=1S/C10H14F2N5O13P3/c11-10(12)5(18)3(1-27-32(23,24)30-33(25,26)29-31(20,21)22)28-8(10)17-2-14-4-6(17)15-9(13)16-7(4)19/h2-3,5,8,18H,1H2,(H,23,24)(H,25,26)(H2,20,21,22)(H3,13,15,16,19)/t3-,5-,8-/m1/s1. The van der Waals surface area contributed by atoms with E-state index in [-0.39, 0.29) is 0 Å². The molecule has 3 heterocycles. The number of rotatable bonds is 8. The summed E-state index contributed by atoms with van der Waals surface area (Å²) >= 11 is 0. The molecule has 5 atom stereocenters. The lowest BCUT2D eigenvalue weighted by atomic mass is 10.1. The van der Waals surface area contributed by atoms with Gasteiger partial charge < -0.3 is 35.2 Å². The maximum atomic E-state index is 14.6. The minimum absolute atomic E-state index is 0.394. The van der Waals surface area contributed by atoms with E-state index in [9.17, 15) is 37.3 Å². The number of aromatic amines is 1. The Morgan fingerprint density at radius 3 is 2.45 bits per heavy atom. The van der Waals surface area contributed by atoms with Crippen molar-refractivity contribution < 1.29 is 65.0 Å². The maximum absolute atomic E-state index is 14.6. The molecule has 0 radical (unpaired) electrons. The summed E-state index contributed by atoms with van der Waals surface area (Å²) in [6.07, 6.45) is -6.37. The molecule has 1 aliphatic heterocycles. The molecule has 3 rings (SSSR count). The lowest BCUT2D eigenvalue weighted by Gasteiger charge is -2.20. The van der Waals surface area contributed by atoms with Gasteiger partial charge in [0.25, 0.3) is 5.56 Å². The van der Waals surface area contributed by atoms with Crippen LogP contribution >= 0.6 is 23.5 Å². The van der Waals surface area contributed by atoms with Gasteiger partial charge in [-0.1, -0.05) is 0 Å². The maximum Gasteiger partial charge on any atom is 0.490 e. The monoisotopic (exact) mass is 543 g/mol. The average molecular weight is 543 g/mol. The number of aliphatic hydroxyl groups excluding tert-OH is 1. The average Bonchev–Trinajstić information content (AvgIpc) is 3.10. The smallest absolute Gasteiger partial charge is 0.384 e. The van der Waals surface area contributed by atoms with Gasteiger partial charge >= 0.3 is 29.4 Å². The number of imidazole rings is 1. The predicted octanol–water partition coefficient (Wildman–Crippen LogP) is -1.06. The Labute approximate surface area is 179 Å². The van der Waals surface area contributed by atoms with Crippen molar-refractivity contribution in [3.05, 3.63) is 16.7 Å². The fraction of sp³-hybridized carbons (Fsp3) is 0.500. The molecule has 1 aliphatic rings. The Hall–Kier alpha value is -1.66. The molecule has 0 amide bonds. The molecule has 8 N–H and O–H groups in total. The van der Waals surface area contributed by atoms with Crippen LogP contribution < -0.4 is 11.3 Å². The van der Waals surface area contributed by atoms with Gasteiger partial charge in [0.1, 0.15) is 6.10 Å². The number of nitrogens with two attached hydrogens (primary N) is 1. The van der Waals surface area contributed by atoms with Crippen LogP contribution in [0, 0.1) is 0 Å². The van der Waals surface area contributed by atoms with Gasteiger partial charge in [-0.15, -0.1) is 0 Å². The number of nitrogens with one attached hydrogen (secondary N) is 1. The van der Waals surface area contributed by atoms with E-state index in [4.69, 9.17) is 25.2 Å². The lowest BCUT2D eigenvalue weighted by molar-refractivity contribution is -0.138. The molecule has 18 nitrogen and oxygen atoms in total. The summed E-state index contributed by atoms with van der Waals surface area (Å²) in [6, 6.07) is 0. The van der Waals surface area contributed by atoms with E-state index < -0.39 is 77.1 Å². The number of hydrogen-bond donors (Lipinski definition) is 7. The fourth-order valence-corrected chi connectivity index (χ4v) is 5.72. The van der Waals surface area contributed by atoms with Crippen LogP contribution in [0.4, 0.5) is 14.7 Å². The molecule has 0 aliphatic carbocycles. The number of H-pyrrole nitrogens is 1. The molecule has 2 unspecified atom stereocenters. The number of fused-ring (bicyclic) bond motifs is 1. The number of nitrogen functional groups attached to an aromatic ring is 1. The lowest BCUT2D eigenvalue weighted by Crippen LogP contribution is -2.39. The van der Waals surface area contributed by atoms with Crippen LogP contribution in [-0.4, -0.2) is 68.9 Å². The SMILES string of the molecule is Nc1nc2c(ncn2[C@@H]2O[C@H](COP(=O)(O)OP(=O)(O)OP(=O)(O)O)[C@@H](O)C2(F)F)c(=O)[nH]1. The predicted molar refractivity (Wildman–Crippen MR) is 97.2 cm³/mol. The van der Waals surface area contributed by atoms with Crippen molar-refractivity contribution in [2.75, 3.05) is 12.3 Å². The number of nitrogens with zero attached hydrogens (tertiary/aromatic N) is 3. The van der Waals surface area contributed by atoms with Crippen LogP contribution in [0.15, 0.2) is 11.1 Å². The Morgan fingerprint density at radius 1 is 1.21 bits per heavy atom. The van der Waals surface area contributed by atoms with Gasteiger partial charge in [-0.25, -0.2) is 18.7 Å². The molecule has 2 aromatic heterocycles. The summed E-state index contributed by atoms with van der Waals surface area (Å²) in [7, 11) is -17.1. The van der Waals surface area contributed by atoms with E-state index in [1.54, 1.807) is 0 Å². The Bertz CT molecular complexity index is 1260. The van der Waals surface area contributed by atoms with Crippen molar-refractivity contribution in [3.63, 3.8) is 0 Å². The number of aromatic nitrogens is 4. The molecule has 2 aromatic rings. The summed E-state index contributed by atoms with van der Waals surface area (Å²) < 4.78 is 79.6. The number of aliphatic hydroxyl groups is 1. The third-order valence-electron chi connectivity index (χ3n) is 3.90. The highest BCUT2D eigenvalue weighted by Crippen LogP contribution is 2.66. The van der Waals surface area contributed by atoms with E-state index in [1.807, 2.05) is 0 Å². The van der Waals surface area contributed by atoms with Gasteiger partial charge in [-0.3, -0.25) is 18.9 Å². The Kier molecular flexibility index (Phi) is 6.71. The fourth-order valence-electron chi connectivity index (χ4n) is 2.69. The highest BCUT2D eigenvalue weighted by Gasteiger charge is 2.60. The first-order valence-corrected chi connectivity index (χ1v) is 12.7. The summed E-state index contributed by atoms with van der Waals surface area (Å²) in [5, 5.41) is 9.90. The highest BCUT2D eigenvalue weighted by molar-refractivity contribution is 7.66. The van der Waals surface area contributed by atoms with Crippen LogP contribution in [0.5, 0.6) is 0 Å². The number of ether oxygens (including phenoxy) is 1. The number of hydrogen-bond acceptors (Lipinski definition) is 12. The molecule has 0 bridgehead atoms. The van der Waals surface area contributed by atoms with Crippen molar-refractivity contribution in [2.45, 2.75) is 24.4 Å². The molecule has 0 saturated carbocycles. The van der Waals surface area contributed by atoms with Gasteiger partial charge in [-0.2, -0.15) is 22.4 Å². The van der Waals surface area contributed by atoms with Gasteiger partial charge in [0.2, 0.25) is 12.2 Å². The summed E-state index contributed by atoms with van der Waals surface area (Å²) in [4.78, 5) is 56.6. The quantitative estimate of drug-likeness (QED) is 0.195. The van der Waals surface area contributed by atoms with Gasteiger partial charge in [0.05, 0.1) is 12.9 Å². The first-order chi connectivity index (χ1) is 14.9. The number of alkyl halides is 2. The zero-order chi connectivity index (χ0) is 25.0. The van der Waals surface area contributed by atoms with Crippen molar-refractivity contribution in [1.29, 1.82) is 0 Å². The van der Waals surface area contributed by atoms with Crippen LogP contribution in [0.2, 0.25) is 0 Å². The van der Waals surface area contributed by atoms with Crippen molar-refractivity contribution >= 4 is 40.6 Å². The number of anilines is 1. The van der Waals surface area contributed by atoms with Crippen molar-refractivity contribution in [2.24, 2.45) is 0 Å². The molecule has 0 aromatic carbocycles. The van der Waals surface area contributed by atoms with Crippen molar-refractivity contribution in [3.8, 4) is 0 Å². The van der Waals surface area contributed by atoms with Gasteiger partial charge in [0, 0.05) is 0 Å².